The van der Waals surface area contributed by atoms with Crippen molar-refractivity contribution in [2.75, 3.05) is 7.11 Å². The third-order valence-electron chi connectivity index (χ3n) is 5.67. The standard InChI is InChI=1S/C21H29NO2.ClH/c1-20(2)11-14-10-16(23-5)19-15(12-21(3,4)24-19)17(14)18(22-20)13-8-6-7-9-13;/h10,13H,6-9,11-12H2,1-5H3;1H. The van der Waals surface area contributed by atoms with Gasteiger partial charge in [-0.1, -0.05) is 12.8 Å². The normalized spacial score (nSPS) is 23.2. The molecule has 138 valence electrons. The molecule has 0 amide bonds. The average molecular weight is 364 g/mol. The molecule has 2 aliphatic heterocycles. The van der Waals surface area contributed by atoms with Crippen molar-refractivity contribution >= 4 is 18.1 Å². The van der Waals surface area contributed by atoms with Gasteiger partial charge in [0.15, 0.2) is 11.5 Å². The Morgan fingerprint density at radius 3 is 2.44 bits per heavy atom. The molecule has 1 saturated carbocycles. The van der Waals surface area contributed by atoms with Gasteiger partial charge in [-0.3, -0.25) is 4.99 Å². The second kappa shape index (κ2) is 6.19. The molecule has 25 heavy (non-hydrogen) atoms. The number of hydrogen-bond donors (Lipinski definition) is 0. The quantitative estimate of drug-likeness (QED) is 0.727. The van der Waals surface area contributed by atoms with Crippen molar-refractivity contribution in [2.24, 2.45) is 10.9 Å². The SMILES string of the molecule is COc1cc2c(c3c1OC(C)(C)C3)C(C1CCCC1)=NC(C)(C)C2.Cl. The molecule has 0 bridgehead atoms. The van der Waals surface area contributed by atoms with Gasteiger partial charge in [0.05, 0.1) is 12.6 Å². The van der Waals surface area contributed by atoms with Crippen molar-refractivity contribution in [3.8, 4) is 11.5 Å². The van der Waals surface area contributed by atoms with Crippen LogP contribution in [0, 0.1) is 5.92 Å². The zero-order chi connectivity index (χ0) is 17.1. The van der Waals surface area contributed by atoms with Crippen LogP contribution in [0.5, 0.6) is 11.5 Å². The molecule has 1 fully saturated rings. The van der Waals surface area contributed by atoms with E-state index >= 15 is 0 Å². The highest BCUT2D eigenvalue weighted by molar-refractivity contribution is 6.07. The van der Waals surface area contributed by atoms with Crippen LogP contribution in [-0.2, 0) is 12.8 Å². The number of rotatable bonds is 2. The van der Waals surface area contributed by atoms with Gasteiger partial charge >= 0.3 is 0 Å². The summed E-state index contributed by atoms with van der Waals surface area (Å²) in [4.78, 5) is 5.24. The van der Waals surface area contributed by atoms with Gasteiger partial charge in [-0.05, 0) is 58.6 Å². The van der Waals surface area contributed by atoms with Gasteiger partial charge in [-0.15, -0.1) is 12.4 Å². The van der Waals surface area contributed by atoms with Crippen molar-refractivity contribution < 1.29 is 9.47 Å². The van der Waals surface area contributed by atoms with Crippen LogP contribution in [0.3, 0.4) is 0 Å². The van der Waals surface area contributed by atoms with E-state index in [4.69, 9.17) is 14.5 Å². The highest BCUT2D eigenvalue weighted by Crippen LogP contribution is 2.48. The van der Waals surface area contributed by atoms with Crippen LogP contribution < -0.4 is 9.47 Å². The van der Waals surface area contributed by atoms with E-state index < -0.39 is 0 Å². The molecule has 0 radical (unpaired) electrons. The Labute approximate surface area is 157 Å². The number of halogens is 1. The van der Waals surface area contributed by atoms with E-state index in [2.05, 4.69) is 33.8 Å². The maximum absolute atomic E-state index is 6.27. The van der Waals surface area contributed by atoms with Crippen LogP contribution in [0.25, 0.3) is 0 Å². The molecule has 0 saturated heterocycles. The Balaban J connectivity index is 0.00000182. The third kappa shape index (κ3) is 3.16. The van der Waals surface area contributed by atoms with E-state index in [0.29, 0.717) is 5.92 Å². The highest BCUT2D eigenvalue weighted by atomic mass is 35.5. The van der Waals surface area contributed by atoms with Crippen molar-refractivity contribution in [2.45, 2.75) is 77.4 Å². The first kappa shape index (κ1) is 18.6. The molecule has 0 spiro atoms. The highest BCUT2D eigenvalue weighted by Gasteiger charge is 2.41. The number of benzene rings is 1. The zero-order valence-corrected chi connectivity index (χ0v) is 16.9. The van der Waals surface area contributed by atoms with Crippen LogP contribution in [0.2, 0.25) is 0 Å². The molecule has 0 N–H and O–H groups in total. The van der Waals surface area contributed by atoms with Crippen molar-refractivity contribution in [1.82, 2.24) is 0 Å². The first-order valence-corrected chi connectivity index (χ1v) is 9.31. The van der Waals surface area contributed by atoms with Gasteiger partial charge in [-0.2, -0.15) is 0 Å². The molecule has 3 aliphatic rings. The fraction of sp³-hybridized carbons (Fsp3) is 0.667. The van der Waals surface area contributed by atoms with E-state index in [-0.39, 0.29) is 23.5 Å². The molecule has 0 aromatic heterocycles. The molecule has 2 heterocycles. The Morgan fingerprint density at radius 1 is 1.12 bits per heavy atom. The summed E-state index contributed by atoms with van der Waals surface area (Å²) < 4.78 is 11.9. The lowest BCUT2D eigenvalue weighted by molar-refractivity contribution is 0.134. The van der Waals surface area contributed by atoms with Gasteiger partial charge < -0.3 is 9.47 Å². The summed E-state index contributed by atoms with van der Waals surface area (Å²) in [6.45, 7) is 8.84. The fourth-order valence-corrected chi connectivity index (χ4v) is 4.76. The number of nitrogens with zero attached hydrogens (tertiary/aromatic N) is 1. The summed E-state index contributed by atoms with van der Waals surface area (Å²) in [5.74, 6) is 2.45. The second-order valence-corrected chi connectivity index (χ2v) is 8.93. The number of methoxy groups -OCH3 is 1. The Hall–Kier alpha value is -1.22. The van der Waals surface area contributed by atoms with Crippen molar-refractivity contribution in [3.05, 3.63) is 22.8 Å². The van der Waals surface area contributed by atoms with Gasteiger partial charge in [-0.25, -0.2) is 0 Å². The zero-order valence-electron chi connectivity index (χ0n) is 16.1. The third-order valence-corrected chi connectivity index (χ3v) is 5.67. The predicted octanol–water partition coefficient (Wildman–Crippen LogP) is 5.14. The fourth-order valence-electron chi connectivity index (χ4n) is 4.76. The second-order valence-electron chi connectivity index (χ2n) is 8.93. The van der Waals surface area contributed by atoms with Crippen LogP contribution in [0.4, 0.5) is 0 Å². The summed E-state index contributed by atoms with van der Waals surface area (Å²) in [6.07, 6.45) is 7.13. The maximum atomic E-state index is 6.27. The minimum absolute atomic E-state index is 0. The monoisotopic (exact) mass is 363 g/mol. The summed E-state index contributed by atoms with van der Waals surface area (Å²) in [5.41, 5.74) is 5.27. The molecule has 4 heteroatoms. The minimum atomic E-state index is -0.168. The van der Waals surface area contributed by atoms with Gasteiger partial charge in [0, 0.05) is 29.2 Å². The minimum Gasteiger partial charge on any atom is -0.493 e. The van der Waals surface area contributed by atoms with Crippen LogP contribution in [0.1, 0.15) is 70.1 Å². The van der Waals surface area contributed by atoms with E-state index in [1.165, 1.54) is 48.1 Å². The summed E-state index contributed by atoms with van der Waals surface area (Å²) >= 11 is 0. The Kier molecular flexibility index (Phi) is 4.60. The molecule has 4 rings (SSSR count). The Bertz CT molecular complexity index is 715. The first-order chi connectivity index (χ1) is 11.3. The van der Waals surface area contributed by atoms with Gasteiger partial charge in [0.1, 0.15) is 5.60 Å². The molecule has 0 unspecified atom stereocenters. The van der Waals surface area contributed by atoms with Crippen LogP contribution >= 0.6 is 12.4 Å². The van der Waals surface area contributed by atoms with E-state index in [9.17, 15) is 0 Å². The maximum Gasteiger partial charge on any atom is 0.166 e. The molecule has 1 aliphatic carbocycles. The largest absolute Gasteiger partial charge is 0.493 e. The van der Waals surface area contributed by atoms with E-state index in [0.717, 1.165) is 24.3 Å². The molecule has 0 atom stereocenters. The Morgan fingerprint density at radius 2 is 1.80 bits per heavy atom. The smallest absolute Gasteiger partial charge is 0.166 e. The number of hydrogen-bond acceptors (Lipinski definition) is 3. The lowest BCUT2D eigenvalue weighted by Gasteiger charge is -2.33. The van der Waals surface area contributed by atoms with E-state index in [1.807, 2.05) is 0 Å². The van der Waals surface area contributed by atoms with Crippen molar-refractivity contribution in [1.29, 1.82) is 0 Å². The van der Waals surface area contributed by atoms with Crippen molar-refractivity contribution in [3.63, 3.8) is 0 Å². The predicted molar refractivity (Wildman–Crippen MR) is 105 cm³/mol. The summed E-state index contributed by atoms with van der Waals surface area (Å²) in [7, 11) is 1.75. The topological polar surface area (TPSA) is 30.8 Å². The van der Waals surface area contributed by atoms with Gasteiger partial charge in [0.25, 0.3) is 0 Å². The number of fused-ring (bicyclic) bond motifs is 3. The molecule has 1 aromatic rings. The molecule has 1 aromatic carbocycles. The van der Waals surface area contributed by atoms with Crippen LogP contribution in [0.15, 0.2) is 11.1 Å². The number of aliphatic imine (C=N–C) groups is 1. The lowest BCUT2D eigenvalue weighted by Crippen LogP contribution is -2.32. The van der Waals surface area contributed by atoms with Gasteiger partial charge in [0.2, 0.25) is 0 Å². The molecular weight excluding hydrogens is 334 g/mol. The molecule has 3 nitrogen and oxygen atoms in total. The van der Waals surface area contributed by atoms with Crippen LogP contribution in [-0.4, -0.2) is 24.0 Å². The number of ether oxygens (including phenoxy) is 2. The molecular formula is C21H30ClNO2. The summed E-state index contributed by atoms with van der Waals surface area (Å²) in [5, 5.41) is 0. The average Bonchev–Trinajstić information content (AvgIpc) is 3.10. The first-order valence-electron chi connectivity index (χ1n) is 9.31. The lowest BCUT2D eigenvalue weighted by atomic mass is 9.79. The summed E-state index contributed by atoms with van der Waals surface area (Å²) in [6, 6.07) is 2.21. The van der Waals surface area contributed by atoms with E-state index in [1.54, 1.807) is 7.11 Å².